The van der Waals surface area contributed by atoms with Gasteiger partial charge >= 0.3 is 5.97 Å². The van der Waals surface area contributed by atoms with Crippen LogP contribution in [0.15, 0.2) is 71.3 Å². The zero-order valence-corrected chi connectivity index (χ0v) is 19.0. The molecule has 3 aromatic rings. The minimum Gasteiger partial charge on any atom is -0.497 e. The van der Waals surface area contributed by atoms with E-state index in [9.17, 15) is 18.7 Å². The lowest BCUT2D eigenvalue weighted by atomic mass is 9.86. The van der Waals surface area contributed by atoms with Crippen molar-refractivity contribution in [1.29, 1.82) is 0 Å². The SMILES string of the molecule is COc1ccc(-c2ccc(N(S(=O)O)C3(C(=O)O)CCN(Cc4ccco4)CC3)cc2)cc1. The molecule has 1 unspecified atom stereocenters. The Bertz CT molecular complexity index is 1090. The van der Waals surface area contributed by atoms with Gasteiger partial charge in [0.25, 0.3) is 11.3 Å². The van der Waals surface area contributed by atoms with Gasteiger partial charge in [-0.1, -0.05) is 24.3 Å². The first kappa shape index (κ1) is 23.0. The molecule has 2 N–H and O–H groups in total. The van der Waals surface area contributed by atoms with Crippen LogP contribution in [0.3, 0.4) is 0 Å². The van der Waals surface area contributed by atoms with Crippen LogP contribution in [-0.4, -0.2) is 50.5 Å². The Morgan fingerprint density at radius 1 is 1.09 bits per heavy atom. The van der Waals surface area contributed by atoms with Crippen molar-refractivity contribution in [1.82, 2.24) is 4.90 Å². The van der Waals surface area contributed by atoms with Gasteiger partial charge in [-0.05, 0) is 60.4 Å². The maximum atomic E-state index is 12.4. The number of ether oxygens (including phenoxy) is 1. The molecule has 1 atom stereocenters. The van der Waals surface area contributed by atoms with Crippen LogP contribution in [0, 0.1) is 0 Å². The molecule has 2 aromatic carbocycles. The number of rotatable bonds is 8. The normalized spacial score (nSPS) is 16.8. The van der Waals surface area contributed by atoms with E-state index < -0.39 is 22.8 Å². The highest BCUT2D eigenvalue weighted by molar-refractivity contribution is 7.80. The van der Waals surface area contributed by atoms with Gasteiger partial charge in [0.05, 0.1) is 25.6 Å². The third kappa shape index (κ3) is 4.80. The molecule has 1 saturated heterocycles. The van der Waals surface area contributed by atoms with E-state index in [1.807, 2.05) is 48.5 Å². The van der Waals surface area contributed by atoms with Crippen LogP contribution in [0.25, 0.3) is 11.1 Å². The highest BCUT2D eigenvalue weighted by Gasteiger charge is 2.49. The zero-order valence-electron chi connectivity index (χ0n) is 18.2. The summed E-state index contributed by atoms with van der Waals surface area (Å²) >= 11 is -2.51. The van der Waals surface area contributed by atoms with Crippen LogP contribution >= 0.6 is 0 Å². The first-order valence-corrected chi connectivity index (χ1v) is 11.6. The molecular weight excluding hydrogens is 444 g/mol. The average molecular weight is 471 g/mol. The molecule has 2 heterocycles. The third-order valence-electron chi connectivity index (χ3n) is 6.11. The van der Waals surface area contributed by atoms with Crippen molar-refractivity contribution < 1.29 is 27.8 Å². The number of carboxylic acid groups (broad SMARTS) is 1. The molecule has 33 heavy (non-hydrogen) atoms. The van der Waals surface area contributed by atoms with Gasteiger partial charge in [-0.3, -0.25) is 13.8 Å². The van der Waals surface area contributed by atoms with E-state index >= 15 is 0 Å². The average Bonchev–Trinajstić information content (AvgIpc) is 3.34. The number of nitrogens with zero attached hydrogens (tertiary/aromatic N) is 2. The van der Waals surface area contributed by atoms with E-state index in [1.54, 1.807) is 25.5 Å². The smallest absolute Gasteiger partial charge is 0.330 e. The maximum absolute atomic E-state index is 12.4. The number of benzene rings is 2. The summed E-state index contributed by atoms with van der Waals surface area (Å²) in [5.41, 5.74) is 0.761. The van der Waals surface area contributed by atoms with Gasteiger partial charge in [-0.25, -0.2) is 9.00 Å². The van der Waals surface area contributed by atoms with Gasteiger partial charge in [0.1, 0.15) is 11.5 Å². The van der Waals surface area contributed by atoms with E-state index in [1.165, 1.54) is 0 Å². The van der Waals surface area contributed by atoms with Gasteiger partial charge in [0.2, 0.25) is 0 Å². The monoisotopic (exact) mass is 470 g/mol. The summed E-state index contributed by atoms with van der Waals surface area (Å²) in [6.45, 7) is 1.50. The molecular formula is C24H26N2O6S. The summed E-state index contributed by atoms with van der Waals surface area (Å²) in [7, 11) is 1.60. The van der Waals surface area contributed by atoms with Crippen LogP contribution < -0.4 is 9.04 Å². The molecule has 0 bridgehead atoms. The van der Waals surface area contributed by atoms with Gasteiger partial charge in [-0.2, -0.15) is 0 Å². The summed E-state index contributed by atoms with van der Waals surface area (Å²) < 4.78 is 34.2. The molecule has 1 aliphatic heterocycles. The lowest BCUT2D eigenvalue weighted by Gasteiger charge is -2.44. The van der Waals surface area contributed by atoms with Crippen molar-refractivity contribution in [3.05, 3.63) is 72.7 Å². The van der Waals surface area contributed by atoms with Gasteiger partial charge in [0.15, 0.2) is 5.54 Å². The van der Waals surface area contributed by atoms with E-state index in [-0.39, 0.29) is 12.8 Å². The van der Waals surface area contributed by atoms with Crippen LogP contribution in [0.1, 0.15) is 18.6 Å². The molecule has 0 saturated carbocycles. The quantitative estimate of drug-likeness (QED) is 0.479. The Balaban J connectivity index is 1.56. The van der Waals surface area contributed by atoms with Crippen molar-refractivity contribution in [2.24, 2.45) is 0 Å². The summed E-state index contributed by atoms with van der Waals surface area (Å²) in [5.74, 6) is 0.440. The number of piperidine rings is 1. The molecule has 0 radical (unpaired) electrons. The predicted octanol–water partition coefficient (Wildman–Crippen LogP) is 4.02. The molecule has 9 heteroatoms. The summed E-state index contributed by atoms with van der Waals surface area (Å²) in [4.78, 5) is 14.5. The highest BCUT2D eigenvalue weighted by Crippen LogP contribution is 2.36. The second-order valence-corrected chi connectivity index (χ2v) is 8.82. The largest absolute Gasteiger partial charge is 0.497 e. The van der Waals surface area contributed by atoms with E-state index in [2.05, 4.69) is 4.90 Å². The number of carbonyl (C=O) groups is 1. The van der Waals surface area contributed by atoms with E-state index in [4.69, 9.17) is 9.15 Å². The van der Waals surface area contributed by atoms with E-state index in [0.29, 0.717) is 25.3 Å². The first-order valence-electron chi connectivity index (χ1n) is 10.6. The number of methoxy groups -OCH3 is 1. The molecule has 1 aromatic heterocycles. The summed E-state index contributed by atoms with van der Waals surface area (Å²) in [5, 5.41) is 10.2. The minimum atomic E-state index is -2.51. The molecule has 174 valence electrons. The van der Waals surface area contributed by atoms with Crippen LogP contribution in [-0.2, 0) is 22.6 Å². The van der Waals surface area contributed by atoms with Crippen molar-refractivity contribution in [2.45, 2.75) is 24.9 Å². The number of hydrogen-bond acceptors (Lipinski definition) is 5. The molecule has 0 amide bonds. The number of furan rings is 1. The number of anilines is 1. The fraction of sp³-hybridized carbons (Fsp3) is 0.292. The molecule has 0 aliphatic carbocycles. The van der Waals surface area contributed by atoms with Gasteiger partial charge in [-0.15, -0.1) is 0 Å². The standard InChI is InChI=1S/C24H26N2O6S/c1-31-21-10-6-19(7-11-21)18-4-8-20(9-5-18)26(33(29)30)24(23(27)28)12-14-25(15-13-24)17-22-3-2-16-32-22/h2-11,16H,12-15,17H2,1H3,(H,27,28)(H,29,30). The first-order chi connectivity index (χ1) is 15.9. The Morgan fingerprint density at radius 3 is 2.18 bits per heavy atom. The van der Waals surface area contributed by atoms with Crippen LogP contribution in [0.2, 0.25) is 0 Å². The zero-order chi connectivity index (χ0) is 23.4. The van der Waals surface area contributed by atoms with Crippen LogP contribution in [0.4, 0.5) is 5.69 Å². The molecule has 1 fully saturated rings. The topological polar surface area (TPSA) is 103 Å². The molecule has 4 rings (SSSR count). The Morgan fingerprint density at radius 2 is 1.70 bits per heavy atom. The lowest BCUT2D eigenvalue weighted by Crippen LogP contribution is -2.60. The number of hydrogen-bond donors (Lipinski definition) is 2. The maximum Gasteiger partial charge on any atom is 0.330 e. The fourth-order valence-electron chi connectivity index (χ4n) is 4.27. The highest BCUT2D eigenvalue weighted by atomic mass is 32.2. The van der Waals surface area contributed by atoms with Crippen LogP contribution in [0.5, 0.6) is 5.75 Å². The second-order valence-electron chi connectivity index (χ2n) is 7.99. The third-order valence-corrected chi connectivity index (χ3v) is 6.98. The van der Waals surface area contributed by atoms with Crippen molar-refractivity contribution in [3.8, 4) is 16.9 Å². The number of carboxylic acids is 1. The summed E-state index contributed by atoms with van der Waals surface area (Å²) in [6, 6.07) is 18.2. The van der Waals surface area contributed by atoms with Gasteiger partial charge < -0.3 is 14.3 Å². The van der Waals surface area contributed by atoms with Crippen molar-refractivity contribution in [3.63, 3.8) is 0 Å². The lowest BCUT2D eigenvalue weighted by molar-refractivity contribution is -0.144. The minimum absolute atomic E-state index is 0.204. The Hall–Kier alpha value is -3.14. The van der Waals surface area contributed by atoms with Crippen molar-refractivity contribution >= 4 is 22.9 Å². The van der Waals surface area contributed by atoms with Crippen molar-refractivity contribution in [2.75, 3.05) is 24.5 Å². The molecule has 1 aliphatic rings. The molecule has 0 spiro atoms. The number of aliphatic carboxylic acids is 1. The fourth-order valence-corrected chi connectivity index (χ4v) is 5.13. The predicted molar refractivity (Wildman–Crippen MR) is 125 cm³/mol. The van der Waals surface area contributed by atoms with E-state index in [0.717, 1.165) is 26.9 Å². The Kier molecular flexibility index (Phi) is 6.83. The summed E-state index contributed by atoms with van der Waals surface area (Å²) in [6.07, 6.45) is 2.01. The number of likely N-dealkylation sites (tertiary alicyclic amines) is 1. The van der Waals surface area contributed by atoms with Gasteiger partial charge in [0, 0.05) is 13.1 Å². The molecule has 8 nitrogen and oxygen atoms in total. The second kappa shape index (κ2) is 9.78. The Labute approximate surface area is 194 Å².